The number of hydrogen-bond donors (Lipinski definition) is 1. The van der Waals surface area contributed by atoms with Crippen LogP contribution in [0.3, 0.4) is 0 Å². The molecule has 190 valence electrons. The predicted octanol–water partition coefficient (Wildman–Crippen LogP) is 3.09. The van der Waals surface area contributed by atoms with E-state index in [-0.39, 0.29) is 6.04 Å². The first kappa shape index (κ1) is 23.3. The Kier molecular flexibility index (Phi) is 6.76. The van der Waals surface area contributed by atoms with Gasteiger partial charge in [0.25, 0.3) is 0 Å². The molecule has 3 fully saturated rings. The van der Waals surface area contributed by atoms with Crippen molar-refractivity contribution >= 4 is 11.6 Å². The molecule has 2 atom stereocenters. The number of nitrogens with zero attached hydrogens (tertiary/aromatic N) is 9. The molecule has 0 amide bonds. The number of hydrogen-bond acceptors (Lipinski definition) is 9. The topological polar surface area (TPSA) is 101 Å². The van der Waals surface area contributed by atoms with Gasteiger partial charge in [-0.3, -0.25) is 4.98 Å². The van der Waals surface area contributed by atoms with Gasteiger partial charge in [-0.25, -0.2) is 9.67 Å². The Balaban J connectivity index is 1.09. The minimum atomic E-state index is -0.0826. The van der Waals surface area contributed by atoms with Crippen LogP contribution in [0, 0.1) is 5.92 Å². The largest absolute Gasteiger partial charge is 0.355 e. The summed E-state index contributed by atoms with van der Waals surface area (Å²) in [7, 11) is 0. The lowest BCUT2D eigenvalue weighted by atomic mass is 9.85. The van der Waals surface area contributed by atoms with Crippen LogP contribution in [0.15, 0.2) is 30.7 Å². The maximum atomic E-state index is 4.78. The summed E-state index contributed by atoms with van der Waals surface area (Å²) in [5.41, 5.74) is 2.32. The van der Waals surface area contributed by atoms with E-state index in [2.05, 4.69) is 59.7 Å². The third-order valence-electron chi connectivity index (χ3n) is 7.99. The molecule has 1 aliphatic carbocycles. The van der Waals surface area contributed by atoms with Crippen molar-refractivity contribution in [3.63, 3.8) is 0 Å². The Morgan fingerprint density at radius 3 is 2.53 bits per heavy atom. The second-order valence-electron chi connectivity index (χ2n) is 10.5. The molecule has 5 heterocycles. The minimum Gasteiger partial charge on any atom is -0.355 e. The average Bonchev–Trinajstić information content (AvgIpc) is 3.61. The fourth-order valence-corrected chi connectivity index (χ4v) is 5.41. The van der Waals surface area contributed by atoms with Crippen molar-refractivity contribution in [2.45, 2.75) is 64.0 Å². The maximum Gasteiger partial charge on any atom is 0.151 e. The number of rotatable bonds is 8. The zero-order chi connectivity index (χ0) is 24.3. The normalized spacial score (nSPS) is 21.5. The molecule has 6 rings (SSSR count). The summed E-state index contributed by atoms with van der Waals surface area (Å²) in [5, 5.41) is 21.7. The first-order valence-electron chi connectivity index (χ1n) is 13.5. The van der Waals surface area contributed by atoms with E-state index in [4.69, 9.17) is 4.98 Å². The highest BCUT2D eigenvalue weighted by Gasteiger charge is 2.24. The van der Waals surface area contributed by atoms with Gasteiger partial charge in [0.15, 0.2) is 5.82 Å². The Bertz CT molecular complexity index is 1140. The van der Waals surface area contributed by atoms with Gasteiger partial charge in [-0.2, -0.15) is 5.10 Å². The highest BCUT2D eigenvalue weighted by molar-refractivity contribution is 5.54. The first-order chi connectivity index (χ1) is 17.7. The second-order valence-corrected chi connectivity index (χ2v) is 10.5. The first-order valence-corrected chi connectivity index (χ1v) is 13.5. The van der Waals surface area contributed by atoms with Crippen LogP contribution in [0.1, 0.15) is 63.6 Å². The van der Waals surface area contributed by atoms with E-state index in [1.807, 2.05) is 17.1 Å². The minimum absolute atomic E-state index is 0.0826. The molecule has 0 aromatic carbocycles. The van der Waals surface area contributed by atoms with Crippen LogP contribution in [0.2, 0.25) is 0 Å². The van der Waals surface area contributed by atoms with Crippen molar-refractivity contribution in [3.05, 3.63) is 36.4 Å². The summed E-state index contributed by atoms with van der Waals surface area (Å²) in [6, 6.07) is 4.62. The standard InChI is InChI=1S/C26H36N10/c1-19(36-18-24(31-33-36)23-15-27-16-26(29-23)34-11-2-3-12-34)22-9-10-25(32-30-22)35-13-5-8-21(17-35)28-14-20-6-4-7-20/h9-10,15-16,18-21,28H,2-8,11-14,17H2,1H3/t19?,21-/m1/s1. The zero-order valence-electron chi connectivity index (χ0n) is 21.1. The third-order valence-corrected chi connectivity index (χ3v) is 7.99. The lowest BCUT2D eigenvalue weighted by molar-refractivity contribution is 0.280. The molecule has 10 nitrogen and oxygen atoms in total. The number of piperidine rings is 1. The molecule has 36 heavy (non-hydrogen) atoms. The molecule has 1 N–H and O–H groups in total. The SMILES string of the molecule is CC(c1ccc(N2CCC[C@@H](NCC3CCC3)C2)nn1)n1cc(-c2cncc(N3CCCC3)n2)nn1. The molecule has 0 bridgehead atoms. The van der Waals surface area contributed by atoms with Gasteiger partial charge >= 0.3 is 0 Å². The highest BCUT2D eigenvalue weighted by atomic mass is 15.4. The highest BCUT2D eigenvalue weighted by Crippen LogP contribution is 2.26. The van der Waals surface area contributed by atoms with Crippen LogP contribution in [-0.2, 0) is 0 Å². The molecule has 1 unspecified atom stereocenters. The van der Waals surface area contributed by atoms with Gasteiger partial charge in [-0.15, -0.1) is 10.2 Å². The average molecular weight is 489 g/mol. The Morgan fingerprint density at radius 1 is 0.889 bits per heavy atom. The second kappa shape index (κ2) is 10.5. The van der Waals surface area contributed by atoms with Gasteiger partial charge < -0.3 is 15.1 Å². The molecule has 0 spiro atoms. The molecule has 3 aromatic rings. The predicted molar refractivity (Wildman–Crippen MR) is 139 cm³/mol. The summed E-state index contributed by atoms with van der Waals surface area (Å²) < 4.78 is 1.82. The number of aromatic nitrogens is 7. The molecule has 3 aromatic heterocycles. The fraction of sp³-hybridized carbons (Fsp3) is 0.615. The monoisotopic (exact) mass is 488 g/mol. The molecular weight excluding hydrogens is 452 g/mol. The Hall–Kier alpha value is -3.14. The van der Waals surface area contributed by atoms with Crippen LogP contribution >= 0.6 is 0 Å². The van der Waals surface area contributed by atoms with E-state index in [0.717, 1.165) is 61.7 Å². The molecule has 2 saturated heterocycles. The van der Waals surface area contributed by atoms with Gasteiger partial charge in [0.2, 0.25) is 0 Å². The number of anilines is 2. The fourth-order valence-electron chi connectivity index (χ4n) is 5.41. The van der Waals surface area contributed by atoms with Crippen molar-refractivity contribution in [2.24, 2.45) is 5.92 Å². The smallest absolute Gasteiger partial charge is 0.151 e. The van der Waals surface area contributed by atoms with Crippen molar-refractivity contribution < 1.29 is 0 Å². The Morgan fingerprint density at radius 2 is 1.75 bits per heavy atom. The van der Waals surface area contributed by atoms with Gasteiger partial charge in [-0.1, -0.05) is 11.6 Å². The quantitative estimate of drug-likeness (QED) is 0.512. The van der Waals surface area contributed by atoms with E-state index < -0.39 is 0 Å². The van der Waals surface area contributed by atoms with Crippen LogP contribution < -0.4 is 15.1 Å². The summed E-state index contributed by atoms with van der Waals surface area (Å²) in [6.07, 6.45) is 14.5. The van der Waals surface area contributed by atoms with Crippen LogP contribution in [0.4, 0.5) is 11.6 Å². The van der Waals surface area contributed by atoms with Gasteiger partial charge in [0, 0.05) is 32.2 Å². The van der Waals surface area contributed by atoms with Crippen molar-refractivity contribution in [2.75, 3.05) is 42.5 Å². The van der Waals surface area contributed by atoms with Crippen molar-refractivity contribution in [1.29, 1.82) is 0 Å². The molecule has 2 aliphatic heterocycles. The Labute approximate surface area is 212 Å². The van der Waals surface area contributed by atoms with E-state index in [9.17, 15) is 0 Å². The van der Waals surface area contributed by atoms with Gasteiger partial charge in [-0.05, 0) is 70.0 Å². The molecule has 3 aliphatic rings. The summed E-state index contributed by atoms with van der Waals surface area (Å²) in [4.78, 5) is 13.8. The van der Waals surface area contributed by atoms with Crippen LogP contribution in [-0.4, -0.2) is 73.9 Å². The summed E-state index contributed by atoms with van der Waals surface area (Å²) in [6.45, 7) is 7.33. The van der Waals surface area contributed by atoms with E-state index in [1.54, 1.807) is 6.20 Å². The molecule has 10 heteroatoms. The number of nitrogens with one attached hydrogen (secondary N) is 1. The van der Waals surface area contributed by atoms with E-state index >= 15 is 0 Å². The van der Waals surface area contributed by atoms with Crippen molar-refractivity contribution in [3.8, 4) is 11.4 Å². The molecular formula is C26H36N10. The summed E-state index contributed by atoms with van der Waals surface area (Å²) in [5.74, 6) is 2.75. The zero-order valence-corrected chi connectivity index (χ0v) is 21.1. The molecule has 1 saturated carbocycles. The third kappa shape index (κ3) is 5.04. The van der Waals surface area contributed by atoms with E-state index in [1.165, 1.54) is 44.9 Å². The van der Waals surface area contributed by atoms with E-state index in [0.29, 0.717) is 11.7 Å². The van der Waals surface area contributed by atoms with Crippen LogP contribution in [0.25, 0.3) is 11.4 Å². The van der Waals surface area contributed by atoms with Gasteiger partial charge in [0.05, 0.1) is 30.3 Å². The van der Waals surface area contributed by atoms with Crippen molar-refractivity contribution in [1.82, 2.24) is 40.5 Å². The maximum absolute atomic E-state index is 4.78. The van der Waals surface area contributed by atoms with Gasteiger partial charge in [0.1, 0.15) is 17.2 Å². The molecule has 0 radical (unpaired) electrons. The lowest BCUT2D eigenvalue weighted by Crippen LogP contribution is -2.47. The lowest BCUT2D eigenvalue weighted by Gasteiger charge is -2.35. The van der Waals surface area contributed by atoms with Crippen LogP contribution in [0.5, 0.6) is 0 Å². The summed E-state index contributed by atoms with van der Waals surface area (Å²) >= 11 is 0.